The highest BCUT2D eigenvalue weighted by atomic mass is 16.6. The third kappa shape index (κ3) is 3.37. The fraction of sp³-hybridized carbons (Fsp3) is 0.611. The van der Waals surface area contributed by atoms with Crippen LogP contribution in [0.25, 0.3) is 0 Å². The highest BCUT2D eigenvalue weighted by Crippen LogP contribution is 2.38. The minimum absolute atomic E-state index is 0.237. The van der Waals surface area contributed by atoms with Gasteiger partial charge in [0.15, 0.2) is 0 Å². The van der Waals surface area contributed by atoms with Gasteiger partial charge in [0.05, 0.1) is 0 Å². The topological polar surface area (TPSA) is 58.6 Å². The second-order valence-electron chi connectivity index (χ2n) is 7.39. The number of fused-ring (bicyclic) bond motifs is 1. The van der Waals surface area contributed by atoms with Crippen LogP contribution in [0, 0.1) is 0 Å². The smallest absolute Gasteiger partial charge is 0.410 e. The van der Waals surface area contributed by atoms with Gasteiger partial charge in [0, 0.05) is 43.4 Å². The Morgan fingerprint density at radius 3 is 2.62 bits per heavy atom. The highest BCUT2D eigenvalue weighted by molar-refractivity contribution is 5.68. The number of anilines is 1. The van der Waals surface area contributed by atoms with E-state index in [1.165, 1.54) is 5.56 Å². The second-order valence-corrected chi connectivity index (χ2v) is 7.39. The summed E-state index contributed by atoms with van der Waals surface area (Å²) in [5, 5.41) is 0. The van der Waals surface area contributed by atoms with Crippen molar-refractivity contribution in [3.05, 3.63) is 30.2 Å². The lowest BCUT2D eigenvalue weighted by Gasteiger charge is -2.37. The van der Waals surface area contributed by atoms with Crippen LogP contribution >= 0.6 is 0 Å². The first-order valence-electron chi connectivity index (χ1n) is 8.58. The predicted octanol–water partition coefficient (Wildman–Crippen LogP) is 2.75. The zero-order valence-corrected chi connectivity index (χ0v) is 14.8. The molecule has 0 saturated carbocycles. The summed E-state index contributed by atoms with van der Waals surface area (Å²) < 4.78 is 5.46. The monoisotopic (exact) mass is 330 g/mol. The van der Waals surface area contributed by atoms with E-state index < -0.39 is 5.60 Å². The van der Waals surface area contributed by atoms with Gasteiger partial charge in [0.1, 0.15) is 17.7 Å². The summed E-state index contributed by atoms with van der Waals surface area (Å²) in [6.07, 6.45) is 5.45. The maximum Gasteiger partial charge on any atom is 0.410 e. The van der Waals surface area contributed by atoms with Crippen molar-refractivity contribution >= 4 is 11.9 Å². The van der Waals surface area contributed by atoms with Crippen LogP contribution in [0.2, 0.25) is 0 Å². The number of hydrogen-bond acceptors (Lipinski definition) is 5. The maximum absolute atomic E-state index is 12.2. The van der Waals surface area contributed by atoms with E-state index in [0.29, 0.717) is 19.0 Å². The van der Waals surface area contributed by atoms with Crippen LogP contribution in [0.1, 0.15) is 44.4 Å². The van der Waals surface area contributed by atoms with Crippen molar-refractivity contribution in [1.29, 1.82) is 0 Å². The average molecular weight is 330 g/mol. The quantitative estimate of drug-likeness (QED) is 0.781. The fourth-order valence-electron chi connectivity index (χ4n) is 3.35. The van der Waals surface area contributed by atoms with Crippen LogP contribution in [-0.4, -0.2) is 52.7 Å². The maximum atomic E-state index is 12.2. The van der Waals surface area contributed by atoms with Crippen LogP contribution in [0.4, 0.5) is 10.6 Å². The zero-order chi connectivity index (χ0) is 17.3. The number of hydrogen-bond donors (Lipinski definition) is 0. The second kappa shape index (κ2) is 6.42. The molecule has 1 amide bonds. The molecule has 1 saturated heterocycles. The molecule has 0 N–H and O–H groups in total. The molecule has 24 heavy (non-hydrogen) atoms. The van der Waals surface area contributed by atoms with Crippen LogP contribution in [-0.2, 0) is 11.2 Å². The van der Waals surface area contributed by atoms with Crippen LogP contribution in [0.5, 0.6) is 0 Å². The van der Waals surface area contributed by atoms with Gasteiger partial charge in [-0.3, -0.25) is 0 Å². The predicted molar refractivity (Wildman–Crippen MR) is 93.3 cm³/mol. The lowest BCUT2D eigenvalue weighted by atomic mass is 10.0. The molecule has 0 radical (unpaired) electrons. The number of ether oxygens (including phenoxy) is 1. The Hall–Kier alpha value is -2.11. The lowest BCUT2D eigenvalue weighted by Crippen LogP contribution is -2.50. The Labute approximate surface area is 143 Å². The number of piperazine rings is 1. The first-order valence-corrected chi connectivity index (χ1v) is 8.58. The Balaban J connectivity index is 1.69. The van der Waals surface area contributed by atoms with Gasteiger partial charge in [0.25, 0.3) is 0 Å². The summed E-state index contributed by atoms with van der Waals surface area (Å²) in [5.41, 5.74) is 1.90. The zero-order valence-electron chi connectivity index (χ0n) is 14.8. The van der Waals surface area contributed by atoms with Crippen molar-refractivity contribution in [1.82, 2.24) is 14.9 Å². The first kappa shape index (κ1) is 16.7. The summed E-state index contributed by atoms with van der Waals surface area (Å²) in [4.78, 5) is 25.2. The number of amides is 1. The van der Waals surface area contributed by atoms with Gasteiger partial charge in [0.2, 0.25) is 0 Å². The first-order chi connectivity index (χ1) is 11.4. The Bertz CT molecular complexity index is 630. The third-order valence-electron chi connectivity index (χ3n) is 4.52. The van der Waals surface area contributed by atoms with Crippen molar-refractivity contribution in [3.8, 4) is 0 Å². The van der Waals surface area contributed by atoms with Crippen molar-refractivity contribution in [2.75, 3.05) is 31.1 Å². The van der Waals surface area contributed by atoms with E-state index in [4.69, 9.17) is 4.74 Å². The number of aromatic nitrogens is 2. The van der Waals surface area contributed by atoms with Gasteiger partial charge in [-0.1, -0.05) is 6.08 Å². The Morgan fingerprint density at radius 1 is 1.29 bits per heavy atom. The van der Waals surface area contributed by atoms with E-state index in [1.807, 2.05) is 26.8 Å². The van der Waals surface area contributed by atoms with Gasteiger partial charge in [-0.2, -0.15) is 0 Å². The van der Waals surface area contributed by atoms with Crippen molar-refractivity contribution < 1.29 is 9.53 Å². The van der Waals surface area contributed by atoms with Gasteiger partial charge in [-0.15, -0.1) is 6.58 Å². The molecule has 0 aromatic carbocycles. The summed E-state index contributed by atoms with van der Waals surface area (Å²) in [7, 11) is 0. The Morgan fingerprint density at radius 2 is 2.00 bits per heavy atom. The number of nitrogens with zero attached hydrogens (tertiary/aromatic N) is 4. The molecule has 1 fully saturated rings. The molecule has 1 aromatic heterocycles. The summed E-state index contributed by atoms with van der Waals surface area (Å²) in [6, 6.07) is 0. The van der Waals surface area contributed by atoms with Gasteiger partial charge >= 0.3 is 6.09 Å². The average Bonchev–Trinajstić information content (AvgIpc) is 2.96. The normalized spacial score (nSPS) is 20.7. The SMILES string of the molecule is C=CC1CCc2ncnc(N3CCN(C(=O)OC(C)(C)C)CC3)c21. The minimum Gasteiger partial charge on any atom is -0.444 e. The summed E-state index contributed by atoms with van der Waals surface area (Å²) >= 11 is 0. The van der Waals surface area contributed by atoms with E-state index in [2.05, 4.69) is 21.4 Å². The Kier molecular flexibility index (Phi) is 4.47. The molecular weight excluding hydrogens is 304 g/mol. The largest absolute Gasteiger partial charge is 0.444 e. The van der Waals surface area contributed by atoms with Crippen LogP contribution < -0.4 is 4.90 Å². The molecule has 1 aliphatic heterocycles. The van der Waals surface area contributed by atoms with Gasteiger partial charge in [-0.25, -0.2) is 14.8 Å². The van der Waals surface area contributed by atoms with Crippen molar-refractivity contribution in [2.45, 2.75) is 45.1 Å². The molecule has 1 aliphatic carbocycles. The molecule has 130 valence electrons. The molecule has 3 rings (SSSR count). The van der Waals surface area contributed by atoms with E-state index in [-0.39, 0.29) is 6.09 Å². The van der Waals surface area contributed by atoms with Crippen molar-refractivity contribution in [3.63, 3.8) is 0 Å². The number of rotatable bonds is 2. The molecule has 1 unspecified atom stereocenters. The molecular formula is C18H26N4O2. The molecule has 0 bridgehead atoms. The minimum atomic E-state index is -0.459. The molecule has 0 spiro atoms. The van der Waals surface area contributed by atoms with Crippen LogP contribution in [0.15, 0.2) is 19.0 Å². The fourth-order valence-corrected chi connectivity index (χ4v) is 3.35. The summed E-state index contributed by atoms with van der Waals surface area (Å²) in [6.45, 7) is 12.4. The molecule has 2 heterocycles. The molecule has 1 aromatic rings. The molecule has 6 nitrogen and oxygen atoms in total. The van der Waals surface area contributed by atoms with Crippen LogP contribution in [0.3, 0.4) is 0 Å². The van der Waals surface area contributed by atoms with E-state index in [9.17, 15) is 4.79 Å². The van der Waals surface area contributed by atoms with Gasteiger partial charge in [-0.05, 0) is 33.6 Å². The molecule has 2 aliphatic rings. The van der Waals surface area contributed by atoms with E-state index in [0.717, 1.165) is 37.4 Å². The van der Waals surface area contributed by atoms with E-state index >= 15 is 0 Å². The number of allylic oxidation sites excluding steroid dienone is 1. The number of carbonyl (C=O) groups excluding carboxylic acids is 1. The highest BCUT2D eigenvalue weighted by Gasteiger charge is 2.31. The standard InChI is InChI=1S/C18H26N4O2/c1-5-13-6-7-14-15(13)16(20-12-19-14)21-8-10-22(11-9-21)17(23)24-18(2,3)4/h5,12-13H,1,6-11H2,2-4H3. The number of aryl methyl sites for hydroxylation is 1. The molecule has 6 heteroatoms. The third-order valence-corrected chi connectivity index (χ3v) is 4.52. The molecule has 1 atom stereocenters. The summed E-state index contributed by atoms with van der Waals surface area (Å²) in [5.74, 6) is 1.34. The lowest BCUT2D eigenvalue weighted by molar-refractivity contribution is 0.0240. The number of carbonyl (C=O) groups is 1. The van der Waals surface area contributed by atoms with Gasteiger partial charge < -0.3 is 14.5 Å². The van der Waals surface area contributed by atoms with E-state index in [1.54, 1.807) is 11.2 Å². The van der Waals surface area contributed by atoms with Crippen molar-refractivity contribution in [2.24, 2.45) is 0 Å².